The summed E-state index contributed by atoms with van der Waals surface area (Å²) in [5.74, 6) is 0. The van der Waals surface area contributed by atoms with Gasteiger partial charge in [-0.05, 0) is 24.5 Å². The van der Waals surface area contributed by atoms with E-state index in [0.717, 1.165) is 23.7 Å². The van der Waals surface area contributed by atoms with Crippen molar-refractivity contribution in [2.24, 2.45) is 0 Å². The summed E-state index contributed by atoms with van der Waals surface area (Å²) in [7, 11) is 1.90. The molecule has 0 fully saturated rings. The van der Waals surface area contributed by atoms with E-state index < -0.39 is 0 Å². The van der Waals surface area contributed by atoms with Gasteiger partial charge in [0.1, 0.15) is 0 Å². The average Bonchev–Trinajstić information content (AvgIpc) is 2.76. The number of thiazole rings is 1. The van der Waals surface area contributed by atoms with E-state index in [2.05, 4.69) is 49.8 Å². The first-order valence-corrected chi connectivity index (χ1v) is 6.82. The Morgan fingerprint density at radius 1 is 1.31 bits per heavy atom. The normalized spacial score (nSPS) is 10.4. The molecule has 1 N–H and O–H groups in total. The highest BCUT2D eigenvalue weighted by atomic mass is 79.9. The molecular formula is C12H13BrN2S. The van der Waals surface area contributed by atoms with Gasteiger partial charge >= 0.3 is 0 Å². The van der Waals surface area contributed by atoms with Crippen molar-refractivity contribution in [2.45, 2.75) is 12.8 Å². The number of rotatable bonds is 4. The van der Waals surface area contributed by atoms with Crippen LogP contribution in [0.25, 0.3) is 0 Å². The molecule has 0 bridgehead atoms. The molecule has 0 aliphatic heterocycles. The first-order valence-electron chi connectivity index (χ1n) is 5.15. The minimum Gasteiger partial charge on any atom is -0.365 e. The van der Waals surface area contributed by atoms with Gasteiger partial charge in [-0.1, -0.05) is 34.1 Å². The van der Waals surface area contributed by atoms with Crippen LogP contribution in [0.4, 0.5) is 5.13 Å². The van der Waals surface area contributed by atoms with Gasteiger partial charge in [0.05, 0.1) is 5.69 Å². The summed E-state index contributed by atoms with van der Waals surface area (Å²) < 4.78 is 1.18. The molecule has 16 heavy (non-hydrogen) atoms. The fraction of sp³-hybridized carbons (Fsp3) is 0.250. The number of halogens is 1. The van der Waals surface area contributed by atoms with Crippen LogP contribution in [-0.2, 0) is 12.8 Å². The van der Waals surface area contributed by atoms with E-state index >= 15 is 0 Å². The van der Waals surface area contributed by atoms with Gasteiger partial charge in [0.2, 0.25) is 0 Å². The fourth-order valence-corrected chi connectivity index (χ4v) is 2.69. The lowest BCUT2D eigenvalue weighted by Crippen LogP contribution is -1.93. The first kappa shape index (κ1) is 11.6. The van der Waals surface area contributed by atoms with Crippen LogP contribution in [0.15, 0.2) is 34.1 Å². The van der Waals surface area contributed by atoms with Crippen molar-refractivity contribution in [3.8, 4) is 0 Å². The molecule has 0 aliphatic rings. The molecule has 2 nitrogen and oxygen atoms in total. The van der Waals surface area contributed by atoms with Crippen LogP contribution in [-0.4, -0.2) is 12.0 Å². The van der Waals surface area contributed by atoms with Gasteiger partial charge in [0.15, 0.2) is 5.13 Å². The lowest BCUT2D eigenvalue weighted by Gasteiger charge is -2.02. The van der Waals surface area contributed by atoms with E-state index in [-0.39, 0.29) is 0 Å². The Balaban J connectivity index is 1.99. The number of hydrogen-bond acceptors (Lipinski definition) is 3. The SMILES string of the molecule is CNc1nc(CCc2ccccc2Br)cs1. The predicted molar refractivity (Wildman–Crippen MR) is 73.2 cm³/mol. The summed E-state index contributed by atoms with van der Waals surface area (Å²) in [6.07, 6.45) is 2.01. The number of hydrogen-bond donors (Lipinski definition) is 1. The van der Waals surface area contributed by atoms with Gasteiger partial charge in [0.25, 0.3) is 0 Å². The second-order valence-corrected chi connectivity index (χ2v) is 5.20. The molecule has 2 aromatic rings. The molecule has 4 heteroatoms. The fourth-order valence-electron chi connectivity index (χ4n) is 1.50. The molecular weight excluding hydrogens is 284 g/mol. The van der Waals surface area contributed by atoms with Crippen molar-refractivity contribution in [3.63, 3.8) is 0 Å². The molecule has 0 unspecified atom stereocenters. The van der Waals surface area contributed by atoms with Crippen LogP contribution in [0.5, 0.6) is 0 Å². The third kappa shape index (κ3) is 2.83. The Kier molecular flexibility index (Phi) is 3.96. The zero-order chi connectivity index (χ0) is 11.4. The third-order valence-electron chi connectivity index (χ3n) is 2.37. The first-order chi connectivity index (χ1) is 7.79. The molecule has 0 aliphatic carbocycles. The number of nitrogens with one attached hydrogen (secondary N) is 1. The van der Waals surface area contributed by atoms with Crippen LogP contribution >= 0.6 is 27.3 Å². The summed E-state index contributed by atoms with van der Waals surface area (Å²) in [6.45, 7) is 0. The topological polar surface area (TPSA) is 24.9 Å². The van der Waals surface area contributed by atoms with E-state index in [0.29, 0.717) is 0 Å². The maximum Gasteiger partial charge on any atom is 0.182 e. The smallest absolute Gasteiger partial charge is 0.182 e. The summed E-state index contributed by atoms with van der Waals surface area (Å²) in [5, 5.41) is 6.16. The number of aromatic nitrogens is 1. The Bertz CT molecular complexity index is 468. The highest BCUT2D eigenvalue weighted by molar-refractivity contribution is 9.10. The summed E-state index contributed by atoms with van der Waals surface area (Å²) in [4.78, 5) is 4.47. The molecule has 1 aromatic carbocycles. The Hall–Kier alpha value is -0.870. The Morgan fingerprint density at radius 2 is 2.12 bits per heavy atom. The van der Waals surface area contributed by atoms with Gasteiger partial charge < -0.3 is 5.32 Å². The lowest BCUT2D eigenvalue weighted by atomic mass is 10.1. The molecule has 0 saturated carbocycles. The molecule has 0 radical (unpaired) electrons. The molecule has 0 spiro atoms. The second kappa shape index (κ2) is 5.46. The molecule has 0 amide bonds. The third-order valence-corrected chi connectivity index (χ3v) is 4.06. The van der Waals surface area contributed by atoms with Crippen LogP contribution < -0.4 is 5.32 Å². The van der Waals surface area contributed by atoms with Crippen molar-refractivity contribution >= 4 is 32.4 Å². The molecule has 1 aromatic heterocycles. The van der Waals surface area contributed by atoms with Gasteiger partial charge in [-0.2, -0.15) is 0 Å². The minimum atomic E-state index is 0.987. The van der Waals surface area contributed by atoms with Gasteiger partial charge in [-0.3, -0.25) is 0 Å². The van der Waals surface area contributed by atoms with Crippen LogP contribution in [0.1, 0.15) is 11.3 Å². The van der Waals surface area contributed by atoms with E-state index in [1.165, 1.54) is 10.0 Å². The summed E-state index contributed by atoms with van der Waals surface area (Å²) >= 11 is 5.21. The second-order valence-electron chi connectivity index (χ2n) is 3.49. The standard InChI is InChI=1S/C12H13BrN2S/c1-14-12-15-10(8-16-12)7-6-9-4-2-3-5-11(9)13/h2-5,8H,6-7H2,1H3,(H,14,15). The Morgan fingerprint density at radius 3 is 2.81 bits per heavy atom. The van der Waals surface area contributed by atoms with Crippen molar-refractivity contribution in [3.05, 3.63) is 45.4 Å². The van der Waals surface area contributed by atoms with Gasteiger partial charge in [-0.25, -0.2) is 4.98 Å². The van der Waals surface area contributed by atoms with E-state index in [1.807, 2.05) is 13.1 Å². The highest BCUT2D eigenvalue weighted by Crippen LogP contribution is 2.20. The number of benzene rings is 1. The monoisotopic (exact) mass is 296 g/mol. The quantitative estimate of drug-likeness (QED) is 0.930. The predicted octanol–water partition coefficient (Wildman–Crippen LogP) is 3.73. The van der Waals surface area contributed by atoms with Crippen LogP contribution in [0.2, 0.25) is 0 Å². The maximum atomic E-state index is 4.47. The van der Waals surface area contributed by atoms with Crippen molar-refractivity contribution in [1.29, 1.82) is 0 Å². The van der Waals surface area contributed by atoms with Crippen molar-refractivity contribution in [2.75, 3.05) is 12.4 Å². The van der Waals surface area contributed by atoms with Gasteiger partial charge in [-0.15, -0.1) is 11.3 Å². The maximum absolute atomic E-state index is 4.47. The number of nitrogens with zero attached hydrogens (tertiary/aromatic N) is 1. The molecule has 84 valence electrons. The number of aryl methyl sites for hydroxylation is 2. The zero-order valence-corrected chi connectivity index (χ0v) is 11.4. The zero-order valence-electron chi connectivity index (χ0n) is 9.03. The lowest BCUT2D eigenvalue weighted by molar-refractivity contribution is 0.922. The molecule has 0 atom stereocenters. The van der Waals surface area contributed by atoms with Gasteiger partial charge in [0, 0.05) is 16.9 Å². The van der Waals surface area contributed by atoms with Crippen molar-refractivity contribution < 1.29 is 0 Å². The summed E-state index contributed by atoms with van der Waals surface area (Å²) in [6, 6.07) is 8.33. The van der Waals surface area contributed by atoms with Crippen LogP contribution in [0.3, 0.4) is 0 Å². The highest BCUT2D eigenvalue weighted by Gasteiger charge is 2.03. The van der Waals surface area contributed by atoms with E-state index in [4.69, 9.17) is 0 Å². The van der Waals surface area contributed by atoms with Crippen molar-refractivity contribution in [1.82, 2.24) is 4.98 Å². The number of anilines is 1. The largest absolute Gasteiger partial charge is 0.365 e. The van der Waals surface area contributed by atoms with E-state index in [1.54, 1.807) is 11.3 Å². The molecule has 1 heterocycles. The minimum absolute atomic E-state index is 0.987. The molecule has 2 rings (SSSR count). The van der Waals surface area contributed by atoms with E-state index in [9.17, 15) is 0 Å². The van der Waals surface area contributed by atoms with Crippen LogP contribution in [0, 0.1) is 0 Å². The summed E-state index contributed by atoms with van der Waals surface area (Å²) in [5.41, 5.74) is 2.49. The Labute approximate surface area is 108 Å². The molecule has 0 saturated heterocycles. The average molecular weight is 297 g/mol.